The molecule has 0 amide bonds. The van der Waals surface area contributed by atoms with Crippen molar-refractivity contribution >= 4 is 10.1 Å². The normalized spacial score (nSPS) is 22.0. The van der Waals surface area contributed by atoms with Crippen molar-refractivity contribution in [2.75, 3.05) is 25.9 Å². The summed E-state index contributed by atoms with van der Waals surface area (Å²) in [6, 6.07) is 0. The highest BCUT2D eigenvalue weighted by Gasteiger charge is 2.21. The molecule has 1 rings (SSSR count). The Labute approximate surface area is 138 Å². The van der Waals surface area contributed by atoms with E-state index in [1.807, 2.05) is 4.90 Å². The number of nitrogens with one attached hydrogen (secondary N) is 1. The first-order chi connectivity index (χ1) is 10.4. The number of unbranched alkanes of at least 4 members (excludes halogenated alkanes) is 5. The second kappa shape index (κ2) is 13.3. The zero-order chi connectivity index (χ0) is 16.8. The van der Waals surface area contributed by atoms with E-state index in [0.29, 0.717) is 6.26 Å². The number of rotatable bonds is 9. The van der Waals surface area contributed by atoms with Gasteiger partial charge >= 0.3 is 0 Å². The van der Waals surface area contributed by atoms with Gasteiger partial charge in [0.1, 0.15) is 0 Å². The maximum atomic E-state index is 9.08. The van der Waals surface area contributed by atoms with Gasteiger partial charge in [0, 0.05) is 12.2 Å². The van der Waals surface area contributed by atoms with Crippen LogP contribution in [0, 0.1) is 5.92 Å². The number of likely N-dealkylation sites (tertiary alicyclic amines) is 1. The lowest BCUT2D eigenvalue weighted by molar-refractivity contribution is -0.909. The molecule has 1 heterocycles. The minimum absolute atomic E-state index is 0.604. The van der Waals surface area contributed by atoms with E-state index in [1.165, 1.54) is 83.8 Å². The van der Waals surface area contributed by atoms with Gasteiger partial charge in [-0.25, -0.2) is 8.42 Å². The first-order valence-electron chi connectivity index (χ1n) is 9.11. The second-order valence-corrected chi connectivity index (χ2v) is 8.13. The molecule has 0 aromatic rings. The molecule has 0 aromatic heterocycles. The molecule has 2 unspecified atom stereocenters. The monoisotopic (exact) mass is 335 g/mol. The van der Waals surface area contributed by atoms with E-state index in [2.05, 4.69) is 13.8 Å². The molecule has 1 fully saturated rings. The molecule has 0 aromatic carbocycles. The summed E-state index contributed by atoms with van der Waals surface area (Å²) in [7, 11) is -3.92. The van der Waals surface area contributed by atoms with Crippen LogP contribution >= 0.6 is 0 Å². The molecule has 0 radical (unpaired) electrons. The van der Waals surface area contributed by atoms with E-state index >= 15 is 0 Å². The molecule has 0 spiro atoms. The Morgan fingerprint density at radius 3 is 2.23 bits per heavy atom. The molecular formula is C17H37NO3S. The number of hydrogen-bond acceptors (Lipinski definition) is 3. The van der Waals surface area contributed by atoms with E-state index in [9.17, 15) is 0 Å². The van der Waals surface area contributed by atoms with Crippen LogP contribution in [0.2, 0.25) is 0 Å². The number of quaternary nitrogens is 1. The predicted octanol–water partition coefficient (Wildman–Crippen LogP) is 2.60. The summed E-state index contributed by atoms with van der Waals surface area (Å²) in [6.45, 7) is 9.01. The maximum absolute atomic E-state index is 9.08. The fourth-order valence-corrected chi connectivity index (χ4v) is 3.29. The van der Waals surface area contributed by atoms with Crippen molar-refractivity contribution in [3.8, 4) is 0 Å². The fraction of sp³-hybridized carbons (Fsp3) is 1.00. The van der Waals surface area contributed by atoms with E-state index in [4.69, 9.17) is 13.0 Å². The topological polar surface area (TPSA) is 61.6 Å². The fourth-order valence-electron chi connectivity index (χ4n) is 3.29. The van der Waals surface area contributed by atoms with Gasteiger partial charge in [-0.05, 0) is 32.1 Å². The first kappa shape index (κ1) is 21.9. The van der Waals surface area contributed by atoms with Crippen molar-refractivity contribution in [3.63, 3.8) is 0 Å². The molecule has 22 heavy (non-hydrogen) atoms. The summed E-state index contributed by atoms with van der Waals surface area (Å²) in [5.41, 5.74) is 0. The van der Waals surface area contributed by atoms with Crippen molar-refractivity contribution in [3.05, 3.63) is 0 Å². The Hall–Kier alpha value is -0.130. The Kier molecular flexibility index (Phi) is 13.2. The summed E-state index contributed by atoms with van der Waals surface area (Å²) in [6.07, 6.45) is 15.1. The molecule has 5 heteroatoms. The van der Waals surface area contributed by atoms with Crippen LogP contribution in [0.1, 0.15) is 78.1 Å². The predicted molar refractivity (Wildman–Crippen MR) is 92.2 cm³/mol. The van der Waals surface area contributed by atoms with Crippen LogP contribution in [0.4, 0.5) is 0 Å². The highest BCUT2D eigenvalue weighted by molar-refractivity contribution is 7.84. The standard InChI is InChI=1S/C16H33N.CH4O3S/c1-3-5-6-7-8-9-13-17-14-10-12-16(15-17)11-4-2;1-5(2,3)4/h16H,3-15H2,1-2H3;1H3,(H,2,3,4). The van der Waals surface area contributed by atoms with Gasteiger partial charge < -0.3 is 9.45 Å². The maximum Gasteiger partial charge on any atom is 0.0916 e. The van der Waals surface area contributed by atoms with E-state index < -0.39 is 10.1 Å². The quantitative estimate of drug-likeness (QED) is 0.520. The van der Waals surface area contributed by atoms with Crippen LogP contribution in [0.3, 0.4) is 0 Å². The van der Waals surface area contributed by atoms with Gasteiger partial charge in [0.2, 0.25) is 0 Å². The van der Waals surface area contributed by atoms with Crippen LogP contribution < -0.4 is 4.90 Å². The number of hydrogen-bond donors (Lipinski definition) is 1. The van der Waals surface area contributed by atoms with Gasteiger partial charge in [-0.15, -0.1) is 0 Å². The third kappa shape index (κ3) is 16.2. The Morgan fingerprint density at radius 1 is 1.05 bits per heavy atom. The Balaban J connectivity index is 0.000000763. The van der Waals surface area contributed by atoms with Crippen LogP contribution in [-0.2, 0) is 10.1 Å². The van der Waals surface area contributed by atoms with Crippen LogP contribution in [-0.4, -0.2) is 38.9 Å². The third-order valence-electron chi connectivity index (χ3n) is 4.30. The SMILES string of the molecule is CCCCCCCC[NH+]1CCCC(CCC)C1.CS(=O)(=O)[O-]. The lowest BCUT2D eigenvalue weighted by Gasteiger charge is -2.29. The molecule has 1 saturated heterocycles. The lowest BCUT2D eigenvalue weighted by atomic mass is 9.93. The largest absolute Gasteiger partial charge is 0.748 e. The molecule has 1 aliphatic rings. The lowest BCUT2D eigenvalue weighted by Crippen LogP contribution is -3.13. The smallest absolute Gasteiger partial charge is 0.0916 e. The van der Waals surface area contributed by atoms with Crippen molar-refractivity contribution in [1.82, 2.24) is 0 Å². The van der Waals surface area contributed by atoms with Gasteiger partial charge in [0.25, 0.3) is 0 Å². The van der Waals surface area contributed by atoms with Crippen molar-refractivity contribution in [1.29, 1.82) is 0 Å². The van der Waals surface area contributed by atoms with Crippen molar-refractivity contribution in [2.45, 2.75) is 78.1 Å². The van der Waals surface area contributed by atoms with Gasteiger partial charge in [0.05, 0.1) is 29.8 Å². The third-order valence-corrected chi connectivity index (χ3v) is 4.30. The van der Waals surface area contributed by atoms with Crippen LogP contribution in [0.5, 0.6) is 0 Å². The summed E-state index contributed by atoms with van der Waals surface area (Å²) in [5, 5.41) is 0. The molecule has 2 atom stereocenters. The Bertz CT molecular complexity index is 334. The summed E-state index contributed by atoms with van der Waals surface area (Å²) in [4.78, 5) is 1.91. The van der Waals surface area contributed by atoms with Crippen LogP contribution in [0.15, 0.2) is 0 Å². The van der Waals surface area contributed by atoms with Crippen molar-refractivity contribution < 1.29 is 17.9 Å². The second-order valence-electron chi connectivity index (χ2n) is 6.72. The summed E-state index contributed by atoms with van der Waals surface area (Å²) < 4.78 is 27.2. The Morgan fingerprint density at radius 2 is 1.64 bits per heavy atom. The molecule has 0 aliphatic carbocycles. The minimum atomic E-state index is -3.92. The van der Waals surface area contributed by atoms with Gasteiger partial charge in [-0.1, -0.05) is 46.0 Å². The van der Waals surface area contributed by atoms with Gasteiger partial charge in [-0.2, -0.15) is 0 Å². The van der Waals surface area contributed by atoms with Gasteiger partial charge in [0.15, 0.2) is 0 Å². The van der Waals surface area contributed by atoms with E-state index in [-0.39, 0.29) is 0 Å². The molecule has 1 N–H and O–H groups in total. The molecule has 0 saturated carbocycles. The highest BCUT2D eigenvalue weighted by atomic mass is 32.2. The highest BCUT2D eigenvalue weighted by Crippen LogP contribution is 2.13. The average molecular weight is 336 g/mol. The van der Waals surface area contributed by atoms with E-state index in [0.717, 1.165) is 5.92 Å². The molecule has 134 valence electrons. The van der Waals surface area contributed by atoms with Crippen LogP contribution in [0.25, 0.3) is 0 Å². The summed E-state index contributed by atoms with van der Waals surface area (Å²) >= 11 is 0. The molecule has 1 aliphatic heterocycles. The number of piperidine rings is 1. The minimum Gasteiger partial charge on any atom is -0.748 e. The zero-order valence-electron chi connectivity index (χ0n) is 14.9. The average Bonchev–Trinajstić information content (AvgIpc) is 2.42. The zero-order valence-corrected chi connectivity index (χ0v) is 15.7. The van der Waals surface area contributed by atoms with Crippen molar-refractivity contribution in [2.24, 2.45) is 5.92 Å². The molecular weight excluding hydrogens is 298 g/mol. The molecule has 0 bridgehead atoms. The molecule has 4 nitrogen and oxygen atoms in total. The first-order valence-corrected chi connectivity index (χ1v) is 10.9. The van der Waals surface area contributed by atoms with E-state index in [1.54, 1.807) is 0 Å². The van der Waals surface area contributed by atoms with Gasteiger partial charge in [-0.3, -0.25) is 0 Å². The summed E-state index contributed by atoms with van der Waals surface area (Å²) in [5.74, 6) is 1.05.